The number of hydrogen-bond donors (Lipinski definition) is 2. The maximum Gasteiger partial charge on any atom is 0.356 e. The quantitative estimate of drug-likeness (QED) is 0.803. The fraction of sp³-hybridized carbons (Fsp3) is 0.545. The van der Waals surface area contributed by atoms with Gasteiger partial charge in [0.05, 0.1) is 12.4 Å². The molecular weight excluding hydrogens is 220 g/mol. The van der Waals surface area contributed by atoms with E-state index < -0.39 is 5.97 Å². The van der Waals surface area contributed by atoms with Gasteiger partial charge in [-0.05, 0) is 33.0 Å². The van der Waals surface area contributed by atoms with Crippen LogP contribution in [0.25, 0.3) is 0 Å². The minimum Gasteiger partial charge on any atom is -0.476 e. The van der Waals surface area contributed by atoms with Crippen LogP contribution >= 0.6 is 0 Å². The lowest BCUT2D eigenvalue weighted by atomic mass is 10.1. The van der Waals surface area contributed by atoms with E-state index in [1.54, 1.807) is 6.20 Å². The standard InChI is InChI=1S/C11H16N4O2/c1-15-4-2-8(3-5-15)13-10-7-12-6-9(14-10)11(16)17/h6-8H,2-5H2,1H3,(H,13,14)(H,16,17). The van der Waals surface area contributed by atoms with Crippen molar-refractivity contribution in [3.05, 3.63) is 18.1 Å². The van der Waals surface area contributed by atoms with Crippen LogP contribution in [-0.2, 0) is 0 Å². The maximum absolute atomic E-state index is 10.8. The van der Waals surface area contributed by atoms with Crippen molar-refractivity contribution >= 4 is 11.8 Å². The summed E-state index contributed by atoms with van der Waals surface area (Å²) in [7, 11) is 2.10. The second kappa shape index (κ2) is 5.09. The van der Waals surface area contributed by atoms with Crippen LogP contribution in [0.1, 0.15) is 23.3 Å². The fourth-order valence-corrected chi connectivity index (χ4v) is 1.90. The molecule has 0 amide bonds. The van der Waals surface area contributed by atoms with Gasteiger partial charge in [-0.25, -0.2) is 9.78 Å². The molecule has 0 atom stereocenters. The highest BCUT2D eigenvalue weighted by molar-refractivity contribution is 5.85. The van der Waals surface area contributed by atoms with Gasteiger partial charge in [0.15, 0.2) is 5.69 Å². The number of nitrogens with one attached hydrogen (secondary N) is 1. The highest BCUT2D eigenvalue weighted by Gasteiger charge is 2.17. The van der Waals surface area contributed by atoms with Crippen LogP contribution in [0.5, 0.6) is 0 Å². The Morgan fingerprint density at radius 2 is 2.18 bits per heavy atom. The van der Waals surface area contributed by atoms with Gasteiger partial charge in [0, 0.05) is 6.04 Å². The first kappa shape index (κ1) is 11.8. The number of carbonyl (C=O) groups is 1. The Labute approximate surface area is 99.7 Å². The van der Waals surface area contributed by atoms with Crippen molar-refractivity contribution in [3.63, 3.8) is 0 Å². The first-order valence-electron chi connectivity index (χ1n) is 5.65. The van der Waals surface area contributed by atoms with E-state index >= 15 is 0 Å². The number of aromatic carboxylic acids is 1. The molecule has 0 aromatic carbocycles. The lowest BCUT2D eigenvalue weighted by Gasteiger charge is -2.29. The Hall–Kier alpha value is -1.69. The zero-order valence-corrected chi connectivity index (χ0v) is 9.76. The molecule has 1 saturated heterocycles. The van der Waals surface area contributed by atoms with Gasteiger partial charge < -0.3 is 15.3 Å². The van der Waals surface area contributed by atoms with Crippen molar-refractivity contribution in [1.29, 1.82) is 0 Å². The van der Waals surface area contributed by atoms with Gasteiger partial charge in [-0.15, -0.1) is 0 Å². The Morgan fingerprint density at radius 3 is 2.82 bits per heavy atom. The zero-order chi connectivity index (χ0) is 12.3. The highest BCUT2D eigenvalue weighted by Crippen LogP contribution is 2.13. The average Bonchev–Trinajstić information content (AvgIpc) is 2.32. The average molecular weight is 236 g/mol. The maximum atomic E-state index is 10.8. The molecule has 1 aliphatic rings. The van der Waals surface area contributed by atoms with Gasteiger partial charge >= 0.3 is 5.97 Å². The zero-order valence-electron chi connectivity index (χ0n) is 9.76. The smallest absolute Gasteiger partial charge is 0.356 e. The Kier molecular flexibility index (Phi) is 3.53. The van der Waals surface area contributed by atoms with Gasteiger partial charge in [-0.1, -0.05) is 0 Å². The number of carboxylic acid groups (broad SMARTS) is 1. The van der Waals surface area contributed by atoms with Crippen LogP contribution in [0.4, 0.5) is 5.82 Å². The van der Waals surface area contributed by atoms with E-state index in [4.69, 9.17) is 5.11 Å². The molecule has 0 aliphatic carbocycles. The first-order chi connectivity index (χ1) is 8.15. The van der Waals surface area contributed by atoms with Gasteiger partial charge in [0.25, 0.3) is 0 Å². The summed E-state index contributed by atoms with van der Waals surface area (Å²) in [5, 5.41) is 12.0. The number of carboxylic acids is 1. The van der Waals surface area contributed by atoms with Crippen molar-refractivity contribution in [2.45, 2.75) is 18.9 Å². The monoisotopic (exact) mass is 236 g/mol. The number of hydrogen-bond acceptors (Lipinski definition) is 5. The summed E-state index contributed by atoms with van der Waals surface area (Å²) in [4.78, 5) is 20.9. The predicted molar refractivity (Wildman–Crippen MR) is 63.1 cm³/mol. The lowest BCUT2D eigenvalue weighted by molar-refractivity contribution is 0.0690. The summed E-state index contributed by atoms with van der Waals surface area (Å²) >= 11 is 0. The van der Waals surface area contributed by atoms with E-state index in [-0.39, 0.29) is 5.69 Å². The summed E-state index contributed by atoms with van der Waals surface area (Å²) in [5.41, 5.74) is -0.0251. The minimum atomic E-state index is -1.05. The van der Waals surface area contributed by atoms with E-state index in [9.17, 15) is 4.79 Å². The van der Waals surface area contributed by atoms with Crippen LogP contribution in [0.2, 0.25) is 0 Å². The van der Waals surface area contributed by atoms with E-state index in [0.29, 0.717) is 11.9 Å². The molecule has 0 unspecified atom stereocenters. The summed E-state index contributed by atoms with van der Waals surface area (Å²) < 4.78 is 0. The van der Waals surface area contributed by atoms with Crippen LogP contribution in [0, 0.1) is 0 Å². The molecule has 2 N–H and O–H groups in total. The van der Waals surface area contributed by atoms with Crippen LogP contribution in [0.15, 0.2) is 12.4 Å². The molecule has 1 fully saturated rings. The van der Waals surface area contributed by atoms with Gasteiger partial charge in [-0.2, -0.15) is 0 Å². The molecule has 17 heavy (non-hydrogen) atoms. The molecular formula is C11H16N4O2. The third-order valence-corrected chi connectivity index (χ3v) is 2.92. The molecule has 2 heterocycles. The number of anilines is 1. The largest absolute Gasteiger partial charge is 0.476 e. The van der Waals surface area contributed by atoms with Crippen molar-refractivity contribution in [2.75, 3.05) is 25.5 Å². The molecule has 1 aromatic rings. The van der Waals surface area contributed by atoms with Crippen molar-refractivity contribution in [1.82, 2.24) is 14.9 Å². The number of likely N-dealkylation sites (tertiary alicyclic amines) is 1. The Balaban J connectivity index is 1.98. The van der Waals surface area contributed by atoms with Crippen LogP contribution < -0.4 is 5.32 Å². The van der Waals surface area contributed by atoms with Gasteiger partial charge in [0.2, 0.25) is 0 Å². The van der Waals surface area contributed by atoms with Crippen LogP contribution in [-0.4, -0.2) is 52.1 Å². The molecule has 1 aliphatic heterocycles. The molecule has 92 valence electrons. The highest BCUT2D eigenvalue weighted by atomic mass is 16.4. The van der Waals surface area contributed by atoms with Gasteiger partial charge in [-0.3, -0.25) is 4.98 Å². The molecule has 0 saturated carbocycles. The molecule has 6 nitrogen and oxygen atoms in total. The first-order valence-corrected chi connectivity index (χ1v) is 5.65. The predicted octanol–water partition coefficient (Wildman–Crippen LogP) is 0.681. The van der Waals surface area contributed by atoms with E-state index in [2.05, 4.69) is 27.2 Å². The minimum absolute atomic E-state index is 0.0251. The van der Waals surface area contributed by atoms with Gasteiger partial charge in [0.1, 0.15) is 5.82 Å². The number of nitrogens with zero attached hydrogens (tertiary/aromatic N) is 3. The third kappa shape index (κ3) is 3.13. The molecule has 0 spiro atoms. The summed E-state index contributed by atoms with van der Waals surface area (Å²) in [6.45, 7) is 2.09. The van der Waals surface area contributed by atoms with E-state index in [0.717, 1.165) is 25.9 Å². The topological polar surface area (TPSA) is 78.4 Å². The van der Waals surface area contributed by atoms with Crippen LogP contribution in [0.3, 0.4) is 0 Å². The summed E-state index contributed by atoms with van der Waals surface area (Å²) in [6, 6.07) is 0.351. The Morgan fingerprint density at radius 1 is 1.47 bits per heavy atom. The van der Waals surface area contributed by atoms with E-state index in [1.807, 2.05) is 0 Å². The second-order valence-electron chi connectivity index (χ2n) is 4.32. The molecule has 0 radical (unpaired) electrons. The summed E-state index contributed by atoms with van der Waals surface area (Å²) in [5.74, 6) is -0.510. The number of aromatic nitrogens is 2. The molecule has 1 aromatic heterocycles. The normalized spacial score (nSPS) is 17.9. The third-order valence-electron chi connectivity index (χ3n) is 2.92. The van der Waals surface area contributed by atoms with Crippen molar-refractivity contribution in [3.8, 4) is 0 Å². The number of piperidine rings is 1. The molecule has 6 heteroatoms. The van der Waals surface area contributed by atoms with Crippen molar-refractivity contribution in [2.24, 2.45) is 0 Å². The second-order valence-corrected chi connectivity index (χ2v) is 4.32. The summed E-state index contributed by atoms with van der Waals surface area (Å²) in [6.07, 6.45) is 4.89. The van der Waals surface area contributed by atoms with E-state index in [1.165, 1.54) is 6.20 Å². The number of rotatable bonds is 3. The fourth-order valence-electron chi connectivity index (χ4n) is 1.90. The Bertz CT molecular complexity index is 402. The molecule has 0 bridgehead atoms. The lowest BCUT2D eigenvalue weighted by Crippen LogP contribution is -2.36. The molecule has 2 rings (SSSR count). The SMILES string of the molecule is CN1CCC(Nc2cncc(C(=O)O)n2)CC1. The van der Waals surface area contributed by atoms with Crippen molar-refractivity contribution < 1.29 is 9.90 Å².